The third-order valence-electron chi connectivity index (χ3n) is 5.37. The number of fused-ring (bicyclic) bond motifs is 1. The van der Waals surface area contributed by atoms with Gasteiger partial charge in [0, 0.05) is 31.0 Å². The van der Waals surface area contributed by atoms with Crippen molar-refractivity contribution in [3.8, 4) is 6.07 Å². The minimum absolute atomic E-state index is 0.0366. The number of carbonyl (C=O) groups is 1. The van der Waals surface area contributed by atoms with Gasteiger partial charge < -0.3 is 15.2 Å². The van der Waals surface area contributed by atoms with E-state index in [0.29, 0.717) is 24.5 Å². The van der Waals surface area contributed by atoms with Crippen LogP contribution >= 0.6 is 0 Å². The summed E-state index contributed by atoms with van der Waals surface area (Å²) >= 11 is 0. The highest BCUT2D eigenvalue weighted by Crippen LogP contribution is 2.34. The lowest BCUT2D eigenvalue weighted by molar-refractivity contribution is 0.00859. The van der Waals surface area contributed by atoms with Crippen molar-refractivity contribution in [2.75, 3.05) is 18.4 Å². The van der Waals surface area contributed by atoms with Crippen LogP contribution < -0.4 is 5.32 Å². The number of carbonyl (C=O) groups excluding carboxylic acids is 1. The van der Waals surface area contributed by atoms with Crippen LogP contribution in [0.15, 0.2) is 61.3 Å². The van der Waals surface area contributed by atoms with E-state index in [2.05, 4.69) is 31.4 Å². The number of amides is 1. The molecule has 2 N–H and O–H groups in total. The van der Waals surface area contributed by atoms with Gasteiger partial charge in [0.25, 0.3) is 5.91 Å². The molecule has 1 aliphatic heterocycles. The number of rotatable bonds is 5. The molecule has 1 aliphatic rings. The molecule has 0 spiro atoms. The quantitative estimate of drug-likeness (QED) is 0.534. The molecular formula is C21H18N8O. The lowest BCUT2D eigenvalue weighted by atomic mass is 9.86. The number of aromatic nitrogens is 5. The lowest BCUT2D eigenvalue weighted by Crippen LogP contribution is -2.64. The van der Waals surface area contributed by atoms with Gasteiger partial charge in [-0.3, -0.25) is 9.48 Å². The topological polar surface area (TPSA) is 116 Å². The predicted molar refractivity (Wildman–Crippen MR) is 110 cm³/mol. The van der Waals surface area contributed by atoms with Crippen LogP contribution in [0, 0.1) is 11.3 Å². The summed E-state index contributed by atoms with van der Waals surface area (Å²) in [6.07, 6.45) is 7.11. The first-order chi connectivity index (χ1) is 14.7. The maximum atomic E-state index is 12.7. The predicted octanol–water partition coefficient (Wildman–Crippen LogP) is 2.66. The number of benzene rings is 1. The Hall–Kier alpha value is -4.19. The van der Waals surface area contributed by atoms with Crippen molar-refractivity contribution in [2.45, 2.75) is 12.0 Å². The van der Waals surface area contributed by atoms with E-state index in [1.54, 1.807) is 27.9 Å². The normalized spacial score (nSPS) is 14.8. The van der Waals surface area contributed by atoms with E-state index in [9.17, 15) is 10.1 Å². The molecule has 9 nitrogen and oxygen atoms in total. The fourth-order valence-corrected chi connectivity index (χ4v) is 3.81. The number of hydrogen-bond donors (Lipinski definition) is 2. The average molecular weight is 398 g/mol. The van der Waals surface area contributed by atoms with Crippen LogP contribution in [0.2, 0.25) is 0 Å². The highest BCUT2D eigenvalue weighted by molar-refractivity contribution is 5.95. The van der Waals surface area contributed by atoms with Gasteiger partial charge in [0.2, 0.25) is 0 Å². The molecule has 1 fully saturated rings. The third-order valence-corrected chi connectivity index (χ3v) is 5.37. The van der Waals surface area contributed by atoms with Crippen molar-refractivity contribution in [2.24, 2.45) is 0 Å². The molecule has 5 rings (SSSR count). The molecule has 0 radical (unpaired) electrons. The minimum Gasteiger partial charge on any atom is -0.346 e. The molecular weight excluding hydrogens is 380 g/mol. The number of hydrogen-bond acceptors (Lipinski definition) is 6. The Morgan fingerprint density at radius 1 is 1.23 bits per heavy atom. The molecule has 148 valence electrons. The molecule has 0 aliphatic carbocycles. The first-order valence-corrected chi connectivity index (χ1v) is 9.50. The van der Waals surface area contributed by atoms with Crippen LogP contribution in [0.5, 0.6) is 0 Å². The second-order valence-corrected chi connectivity index (χ2v) is 7.35. The maximum absolute atomic E-state index is 12.7. The lowest BCUT2D eigenvalue weighted by Gasteiger charge is -2.49. The zero-order valence-corrected chi connectivity index (χ0v) is 16.0. The molecule has 4 aromatic rings. The molecule has 4 heterocycles. The highest BCUT2D eigenvalue weighted by Gasteiger charge is 2.47. The first-order valence-electron chi connectivity index (χ1n) is 9.50. The second kappa shape index (κ2) is 7.00. The van der Waals surface area contributed by atoms with E-state index in [-0.39, 0.29) is 12.3 Å². The summed E-state index contributed by atoms with van der Waals surface area (Å²) < 4.78 is 1.78. The zero-order chi connectivity index (χ0) is 20.6. The van der Waals surface area contributed by atoms with Gasteiger partial charge >= 0.3 is 0 Å². The molecule has 3 aromatic heterocycles. The van der Waals surface area contributed by atoms with Gasteiger partial charge in [0.15, 0.2) is 0 Å². The molecule has 9 heteroatoms. The highest BCUT2D eigenvalue weighted by atomic mass is 16.2. The molecule has 30 heavy (non-hydrogen) atoms. The van der Waals surface area contributed by atoms with Crippen LogP contribution in [0.1, 0.15) is 16.8 Å². The van der Waals surface area contributed by atoms with E-state index in [4.69, 9.17) is 0 Å². The summed E-state index contributed by atoms with van der Waals surface area (Å²) in [5.41, 5.74) is 1.61. The Bertz CT molecular complexity index is 1250. The Kier molecular flexibility index (Phi) is 4.17. The zero-order valence-electron chi connectivity index (χ0n) is 16.0. The molecule has 1 saturated heterocycles. The van der Waals surface area contributed by atoms with Gasteiger partial charge in [-0.05, 0) is 18.2 Å². The Labute approximate surface area is 172 Å². The number of aromatic amines is 1. The SMILES string of the molecule is N#CCC1(n2cc(Nc3ncnc4[nH]ccc34)cn2)CN(C(=O)c2ccccc2)C1. The van der Waals surface area contributed by atoms with Crippen molar-refractivity contribution in [3.05, 3.63) is 66.9 Å². The Morgan fingerprint density at radius 2 is 2.07 bits per heavy atom. The largest absolute Gasteiger partial charge is 0.346 e. The van der Waals surface area contributed by atoms with Crippen molar-refractivity contribution in [1.82, 2.24) is 29.6 Å². The Balaban J connectivity index is 1.35. The fourth-order valence-electron chi connectivity index (χ4n) is 3.81. The summed E-state index contributed by atoms with van der Waals surface area (Å²) in [7, 11) is 0. The van der Waals surface area contributed by atoms with Crippen molar-refractivity contribution >= 4 is 28.4 Å². The van der Waals surface area contributed by atoms with E-state index in [1.165, 1.54) is 6.33 Å². The summed E-state index contributed by atoms with van der Waals surface area (Å²) in [5.74, 6) is 0.634. The van der Waals surface area contributed by atoms with Gasteiger partial charge in [0.1, 0.15) is 23.3 Å². The van der Waals surface area contributed by atoms with Crippen molar-refractivity contribution in [1.29, 1.82) is 5.26 Å². The number of likely N-dealkylation sites (tertiary alicyclic amines) is 1. The summed E-state index contributed by atoms with van der Waals surface area (Å²) in [6, 6.07) is 13.3. The number of anilines is 2. The van der Waals surface area contributed by atoms with E-state index >= 15 is 0 Å². The molecule has 0 saturated carbocycles. The average Bonchev–Trinajstić information content (AvgIpc) is 3.41. The number of nitriles is 1. The molecule has 1 aromatic carbocycles. The molecule has 0 bridgehead atoms. The standard InChI is InChI=1S/C21H18N8O/c22-8-7-21(12-28(13-21)20(30)15-4-2-1-3-5-15)29-11-16(10-26-29)27-19-17-6-9-23-18(17)24-14-25-19/h1-6,9-11,14H,7,12-13H2,(H2,23,24,25,27). The van der Waals surface area contributed by atoms with Gasteiger partial charge in [-0.1, -0.05) is 18.2 Å². The molecule has 1 amide bonds. The number of H-pyrrole nitrogens is 1. The van der Waals surface area contributed by atoms with E-state index in [0.717, 1.165) is 16.7 Å². The van der Waals surface area contributed by atoms with Gasteiger partial charge in [0.05, 0.1) is 29.8 Å². The summed E-state index contributed by atoms with van der Waals surface area (Å²) in [6.45, 7) is 0.871. The van der Waals surface area contributed by atoms with Crippen LogP contribution in [0.4, 0.5) is 11.5 Å². The summed E-state index contributed by atoms with van der Waals surface area (Å²) in [5, 5.41) is 18.0. The van der Waals surface area contributed by atoms with Crippen LogP contribution in [0.3, 0.4) is 0 Å². The van der Waals surface area contributed by atoms with Crippen LogP contribution in [-0.2, 0) is 5.54 Å². The minimum atomic E-state index is -0.534. The van der Waals surface area contributed by atoms with Gasteiger partial charge in [-0.2, -0.15) is 10.4 Å². The van der Waals surface area contributed by atoms with E-state index in [1.807, 2.05) is 36.7 Å². The smallest absolute Gasteiger partial charge is 0.254 e. The summed E-state index contributed by atoms with van der Waals surface area (Å²) in [4.78, 5) is 26.0. The van der Waals surface area contributed by atoms with Gasteiger partial charge in [-0.25, -0.2) is 9.97 Å². The second-order valence-electron chi connectivity index (χ2n) is 7.35. The number of nitrogens with one attached hydrogen (secondary N) is 2. The Morgan fingerprint density at radius 3 is 2.87 bits per heavy atom. The third kappa shape index (κ3) is 2.95. The number of nitrogens with zero attached hydrogens (tertiary/aromatic N) is 6. The first kappa shape index (κ1) is 17.9. The van der Waals surface area contributed by atoms with Crippen LogP contribution in [-0.4, -0.2) is 48.6 Å². The maximum Gasteiger partial charge on any atom is 0.254 e. The van der Waals surface area contributed by atoms with Crippen LogP contribution in [0.25, 0.3) is 11.0 Å². The van der Waals surface area contributed by atoms with Crippen molar-refractivity contribution < 1.29 is 4.79 Å². The van der Waals surface area contributed by atoms with E-state index < -0.39 is 5.54 Å². The monoisotopic (exact) mass is 398 g/mol. The molecule has 0 unspecified atom stereocenters. The van der Waals surface area contributed by atoms with Gasteiger partial charge in [-0.15, -0.1) is 0 Å². The van der Waals surface area contributed by atoms with Crippen molar-refractivity contribution in [3.63, 3.8) is 0 Å². The molecule has 0 atom stereocenters. The fraction of sp³-hybridized carbons (Fsp3) is 0.190.